The Morgan fingerprint density at radius 3 is 2.25 bits per heavy atom. The molecule has 0 unspecified atom stereocenters. The van der Waals surface area contributed by atoms with Crippen LogP contribution < -0.4 is 11.1 Å². The maximum absolute atomic E-state index is 11.9. The van der Waals surface area contributed by atoms with E-state index >= 15 is 0 Å². The molecule has 0 saturated heterocycles. The van der Waals surface area contributed by atoms with E-state index in [1.165, 1.54) is 12.8 Å². The summed E-state index contributed by atoms with van der Waals surface area (Å²) >= 11 is 0. The number of hydrogen-bond donors (Lipinski definition) is 2. The Morgan fingerprint density at radius 1 is 1.31 bits per heavy atom. The Kier molecular flexibility index (Phi) is 3.22. The van der Waals surface area contributed by atoms with Crippen LogP contribution in [-0.4, -0.2) is 30.7 Å². The van der Waals surface area contributed by atoms with E-state index in [0.717, 1.165) is 25.7 Å². The van der Waals surface area contributed by atoms with Gasteiger partial charge in [-0.15, -0.1) is 0 Å². The maximum atomic E-state index is 11.9. The Labute approximate surface area is 96.9 Å². The van der Waals surface area contributed by atoms with Crippen molar-refractivity contribution in [3.05, 3.63) is 0 Å². The number of amides is 1. The van der Waals surface area contributed by atoms with Crippen molar-refractivity contribution in [2.45, 2.75) is 56.1 Å². The molecule has 92 valence electrons. The third-order valence-electron chi connectivity index (χ3n) is 4.29. The lowest BCUT2D eigenvalue weighted by Crippen LogP contribution is -2.59. The van der Waals surface area contributed by atoms with Gasteiger partial charge in [0.15, 0.2) is 0 Å². The lowest BCUT2D eigenvalue weighted by molar-refractivity contribution is -0.137. The van der Waals surface area contributed by atoms with E-state index in [1.807, 2.05) is 0 Å². The Hall–Kier alpha value is -0.610. The molecule has 4 heteroatoms. The number of carbonyl (C=O) groups excluding carboxylic acids is 1. The molecule has 0 spiro atoms. The van der Waals surface area contributed by atoms with Crippen molar-refractivity contribution in [3.63, 3.8) is 0 Å². The Morgan fingerprint density at radius 2 is 1.94 bits per heavy atom. The lowest BCUT2D eigenvalue weighted by Gasteiger charge is -2.44. The monoisotopic (exact) mass is 226 g/mol. The molecule has 2 aliphatic carbocycles. The first-order chi connectivity index (χ1) is 7.64. The highest BCUT2D eigenvalue weighted by atomic mass is 16.5. The summed E-state index contributed by atoms with van der Waals surface area (Å²) in [5.41, 5.74) is 5.44. The molecule has 2 rings (SSSR count). The molecule has 0 aromatic rings. The first kappa shape index (κ1) is 11.9. The smallest absolute Gasteiger partial charge is 0.223 e. The number of methoxy groups -OCH3 is 1. The van der Waals surface area contributed by atoms with Gasteiger partial charge in [-0.25, -0.2) is 0 Å². The van der Waals surface area contributed by atoms with Gasteiger partial charge in [-0.3, -0.25) is 4.79 Å². The van der Waals surface area contributed by atoms with Crippen molar-refractivity contribution < 1.29 is 9.53 Å². The second-order valence-electron chi connectivity index (χ2n) is 5.30. The summed E-state index contributed by atoms with van der Waals surface area (Å²) < 4.78 is 5.45. The third-order valence-corrected chi connectivity index (χ3v) is 4.29. The topological polar surface area (TPSA) is 64.3 Å². The van der Waals surface area contributed by atoms with Crippen LogP contribution in [0.2, 0.25) is 0 Å². The number of carbonyl (C=O) groups is 1. The lowest BCUT2D eigenvalue weighted by atomic mass is 9.75. The van der Waals surface area contributed by atoms with E-state index < -0.39 is 0 Å². The highest BCUT2D eigenvalue weighted by Gasteiger charge is 2.42. The third kappa shape index (κ3) is 2.09. The molecule has 0 atom stereocenters. The van der Waals surface area contributed by atoms with Crippen LogP contribution in [0, 0.1) is 0 Å². The highest BCUT2D eigenvalue weighted by Crippen LogP contribution is 2.38. The van der Waals surface area contributed by atoms with Crippen LogP contribution in [0.15, 0.2) is 0 Å². The Balaban J connectivity index is 1.84. The van der Waals surface area contributed by atoms with Gasteiger partial charge >= 0.3 is 0 Å². The molecule has 0 aromatic carbocycles. The minimum atomic E-state index is -0.177. The largest absolute Gasteiger partial charge is 0.378 e. The normalized spacial score (nSPS) is 25.4. The molecule has 2 fully saturated rings. The van der Waals surface area contributed by atoms with Gasteiger partial charge in [0.1, 0.15) is 0 Å². The average molecular weight is 226 g/mol. The fourth-order valence-electron chi connectivity index (χ4n) is 2.64. The van der Waals surface area contributed by atoms with Crippen LogP contribution in [-0.2, 0) is 9.53 Å². The highest BCUT2D eigenvalue weighted by molar-refractivity contribution is 5.78. The second kappa shape index (κ2) is 4.34. The standard InChI is InChI=1S/C12H22N2O2/c1-16-12(6-3-7-12)8-10(15)14-11(9-13)4-2-5-11/h2-9,13H2,1H3,(H,14,15). The van der Waals surface area contributed by atoms with Crippen molar-refractivity contribution in [2.24, 2.45) is 5.73 Å². The van der Waals surface area contributed by atoms with Crippen LogP contribution >= 0.6 is 0 Å². The molecule has 1 amide bonds. The van der Waals surface area contributed by atoms with E-state index in [1.54, 1.807) is 7.11 Å². The molecule has 4 nitrogen and oxygen atoms in total. The molecular formula is C12H22N2O2. The summed E-state index contributed by atoms with van der Waals surface area (Å²) in [6.45, 7) is 0.554. The van der Waals surface area contributed by atoms with Crippen LogP contribution in [0.5, 0.6) is 0 Å². The molecule has 2 saturated carbocycles. The number of ether oxygens (including phenoxy) is 1. The molecule has 0 radical (unpaired) electrons. The van der Waals surface area contributed by atoms with Crippen molar-refractivity contribution in [3.8, 4) is 0 Å². The number of nitrogens with two attached hydrogens (primary N) is 1. The fraction of sp³-hybridized carbons (Fsp3) is 0.917. The predicted molar refractivity (Wildman–Crippen MR) is 62.0 cm³/mol. The molecule has 2 aliphatic rings. The van der Waals surface area contributed by atoms with Crippen LogP contribution in [0.4, 0.5) is 0 Å². The van der Waals surface area contributed by atoms with Crippen molar-refractivity contribution in [1.82, 2.24) is 5.32 Å². The van der Waals surface area contributed by atoms with E-state index in [-0.39, 0.29) is 17.0 Å². The van der Waals surface area contributed by atoms with Crippen molar-refractivity contribution in [1.29, 1.82) is 0 Å². The van der Waals surface area contributed by atoms with E-state index in [9.17, 15) is 4.79 Å². The number of hydrogen-bond acceptors (Lipinski definition) is 3. The number of rotatable bonds is 5. The summed E-state index contributed by atoms with van der Waals surface area (Å²) in [5.74, 6) is 0.103. The summed E-state index contributed by atoms with van der Waals surface area (Å²) in [6.07, 6.45) is 6.89. The first-order valence-corrected chi connectivity index (χ1v) is 6.20. The quantitative estimate of drug-likeness (QED) is 0.733. The molecule has 3 N–H and O–H groups in total. The Bertz CT molecular complexity index is 233. The number of nitrogens with one attached hydrogen (secondary N) is 1. The van der Waals surface area contributed by atoms with E-state index in [4.69, 9.17) is 10.5 Å². The predicted octanol–water partition coefficient (Wildman–Crippen LogP) is 0.943. The van der Waals surface area contributed by atoms with Gasteiger partial charge in [0.25, 0.3) is 0 Å². The van der Waals surface area contributed by atoms with Gasteiger partial charge in [-0.1, -0.05) is 0 Å². The zero-order chi connectivity index (χ0) is 11.6. The molecule has 16 heavy (non-hydrogen) atoms. The summed E-state index contributed by atoms with van der Waals surface area (Å²) in [5, 5.41) is 3.09. The van der Waals surface area contributed by atoms with Gasteiger partial charge in [0.05, 0.1) is 17.6 Å². The molecule has 0 aromatic heterocycles. The van der Waals surface area contributed by atoms with Crippen molar-refractivity contribution >= 4 is 5.91 Å². The minimum Gasteiger partial charge on any atom is -0.378 e. The fourth-order valence-corrected chi connectivity index (χ4v) is 2.64. The summed E-state index contributed by atoms with van der Waals surface area (Å²) in [7, 11) is 1.70. The molecule has 0 heterocycles. The van der Waals surface area contributed by atoms with Crippen LogP contribution in [0.1, 0.15) is 44.9 Å². The maximum Gasteiger partial charge on any atom is 0.223 e. The minimum absolute atomic E-state index is 0.101. The van der Waals surface area contributed by atoms with Crippen molar-refractivity contribution in [2.75, 3.05) is 13.7 Å². The molecular weight excluding hydrogens is 204 g/mol. The molecule has 0 bridgehead atoms. The van der Waals surface area contributed by atoms with Gasteiger partial charge in [0, 0.05) is 13.7 Å². The van der Waals surface area contributed by atoms with Crippen LogP contribution in [0.3, 0.4) is 0 Å². The van der Waals surface area contributed by atoms with Gasteiger partial charge in [-0.2, -0.15) is 0 Å². The SMILES string of the molecule is COC1(CC(=O)NC2(CN)CCC2)CCC1. The summed E-state index contributed by atoms with van der Waals surface area (Å²) in [4.78, 5) is 11.9. The average Bonchev–Trinajstić information content (AvgIpc) is 2.17. The zero-order valence-corrected chi connectivity index (χ0v) is 10.1. The van der Waals surface area contributed by atoms with E-state index in [0.29, 0.717) is 13.0 Å². The second-order valence-corrected chi connectivity index (χ2v) is 5.30. The zero-order valence-electron chi connectivity index (χ0n) is 10.1. The van der Waals surface area contributed by atoms with Gasteiger partial charge in [-0.05, 0) is 38.5 Å². The summed E-state index contributed by atoms with van der Waals surface area (Å²) in [6, 6.07) is 0. The van der Waals surface area contributed by atoms with Gasteiger partial charge < -0.3 is 15.8 Å². The first-order valence-electron chi connectivity index (χ1n) is 6.20. The van der Waals surface area contributed by atoms with Crippen LogP contribution in [0.25, 0.3) is 0 Å². The molecule has 0 aliphatic heterocycles. The van der Waals surface area contributed by atoms with Gasteiger partial charge in [0.2, 0.25) is 5.91 Å². The van der Waals surface area contributed by atoms with E-state index in [2.05, 4.69) is 5.32 Å².